The molecular weight excluding hydrogens is 733 g/mol. The number of benzene rings is 7. The summed E-state index contributed by atoms with van der Waals surface area (Å²) >= 11 is 0. The number of aliphatic imine (C=N–C) groups is 2. The van der Waals surface area contributed by atoms with E-state index in [-0.39, 0.29) is 0 Å². The molecule has 0 aliphatic rings. The van der Waals surface area contributed by atoms with Crippen molar-refractivity contribution in [2.75, 3.05) is 0 Å². The fourth-order valence-corrected chi connectivity index (χ4v) is 8.49. The molecule has 0 saturated heterocycles. The number of allylic oxidation sites excluding steroid dienone is 1. The summed E-state index contributed by atoms with van der Waals surface area (Å²) in [6, 6.07) is 57.1. The summed E-state index contributed by atoms with van der Waals surface area (Å²) in [7, 11) is 0. The maximum atomic E-state index is 6.66. The van der Waals surface area contributed by atoms with E-state index in [9.17, 15) is 0 Å². The van der Waals surface area contributed by atoms with Crippen LogP contribution in [0.1, 0.15) is 55.6 Å². The average molecular weight is 779 g/mol. The fourth-order valence-electron chi connectivity index (χ4n) is 8.49. The van der Waals surface area contributed by atoms with E-state index >= 15 is 0 Å². The number of amidine groups is 1. The number of furan rings is 1. The highest BCUT2D eigenvalue weighted by Gasteiger charge is 2.23. The maximum absolute atomic E-state index is 6.66. The molecule has 0 radical (unpaired) electrons. The molecule has 0 unspecified atom stereocenters. The normalized spacial score (nSPS) is 12.3. The highest BCUT2D eigenvalue weighted by molar-refractivity contribution is 6.21. The summed E-state index contributed by atoms with van der Waals surface area (Å²) in [5.74, 6) is 0.686. The lowest BCUT2D eigenvalue weighted by atomic mass is 10.1. The summed E-state index contributed by atoms with van der Waals surface area (Å²) in [5, 5.41) is 5.72. The molecule has 0 N–H and O–H groups in total. The highest BCUT2D eigenvalue weighted by atomic mass is 16.3. The number of rotatable bonds is 8. The summed E-state index contributed by atoms with van der Waals surface area (Å²) < 4.78 is 11.4. The van der Waals surface area contributed by atoms with E-state index in [2.05, 4.69) is 162 Å². The molecule has 0 amide bonds. The van der Waals surface area contributed by atoms with Crippen LogP contribution >= 0.6 is 0 Å². The van der Waals surface area contributed by atoms with Crippen molar-refractivity contribution in [3.8, 4) is 11.4 Å². The number of aromatic nitrogens is 2. The molecule has 5 nitrogen and oxygen atoms in total. The molecule has 7 aromatic carbocycles. The molecule has 10 rings (SSSR count). The molecule has 0 aliphatic carbocycles. The first-order valence-electron chi connectivity index (χ1n) is 20.7. The second kappa shape index (κ2) is 16.4. The summed E-state index contributed by atoms with van der Waals surface area (Å²) in [6.45, 7) is 12.9. The van der Waals surface area contributed by atoms with E-state index in [0.717, 1.165) is 72.5 Å². The van der Waals surface area contributed by atoms with Crippen LogP contribution in [0.3, 0.4) is 0 Å². The standard InChI is InChI=1S/C53H40N4O.C2H6/c1-4-18-44-46(5-2)56(48-31-30-42-41-26-15-16-28-47(41)57(51(42)50(44)48)39-24-13-8-14-25-39)40-29-32-49-45(33-40)43-27-17-23-38(52(43)58-49)34-54-53(37-21-11-7-12-22-37)55-35(3)36-19-9-6-10-20-36;1-2/h4-33H,2,34H2,1,3H3;1-2H3/b18-4-,54-53?,55-35?;. The third kappa shape index (κ3) is 6.54. The molecule has 0 bridgehead atoms. The van der Waals surface area contributed by atoms with Gasteiger partial charge in [0, 0.05) is 60.7 Å². The van der Waals surface area contributed by atoms with Crippen molar-refractivity contribution in [3.63, 3.8) is 0 Å². The van der Waals surface area contributed by atoms with E-state index in [1.165, 1.54) is 27.2 Å². The first-order chi connectivity index (χ1) is 29.6. The Bertz CT molecular complexity index is 3270. The number of fused-ring (bicyclic) bond motifs is 8. The van der Waals surface area contributed by atoms with E-state index in [1.807, 2.05) is 63.2 Å². The van der Waals surface area contributed by atoms with Gasteiger partial charge in [0.25, 0.3) is 0 Å². The molecule has 0 saturated carbocycles. The van der Waals surface area contributed by atoms with Crippen molar-refractivity contribution in [2.24, 2.45) is 9.98 Å². The molecule has 3 aromatic heterocycles. The van der Waals surface area contributed by atoms with Gasteiger partial charge < -0.3 is 13.6 Å². The van der Waals surface area contributed by atoms with Gasteiger partial charge in [-0.2, -0.15) is 0 Å². The Labute approximate surface area is 350 Å². The Morgan fingerprint density at radius 2 is 1.32 bits per heavy atom. The fraction of sp³-hybridized carbons (Fsp3) is 0.0909. The van der Waals surface area contributed by atoms with Gasteiger partial charge in [0.1, 0.15) is 11.2 Å². The molecule has 10 aromatic rings. The molecule has 0 spiro atoms. The van der Waals surface area contributed by atoms with Gasteiger partial charge in [-0.1, -0.05) is 154 Å². The summed E-state index contributed by atoms with van der Waals surface area (Å²) in [6.07, 6.45) is 6.32. The molecule has 0 fully saturated rings. The minimum Gasteiger partial charge on any atom is -0.456 e. The third-order valence-electron chi connectivity index (χ3n) is 11.1. The Balaban J connectivity index is 0.00000228. The molecule has 0 aliphatic heterocycles. The Hall–Kier alpha value is -7.50. The van der Waals surface area contributed by atoms with Crippen LogP contribution in [0.2, 0.25) is 0 Å². The van der Waals surface area contributed by atoms with Gasteiger partial charge in [-0.05, 0) is 68.0 Å². The first kappa shape index (κ1) is 38.0. The van der Waals surface area contributed by atoms with Crippen LogP contribution in [0.25, 0.3) is 78.2 Å². The SMILES string of the molecule is C=Cc1c(/C=C\C)c2c(ccc3c4ccccc4n(-c4ccccc4)c32)n1-c1ccc2oc3c(CN=C(N=C(C)c4ccccc4)c4ccccc4)cccc3c2c1.CC. The molecule has 60 heavy (non-hydrogen) atoms. The lowest BCUT2D eigenvalue weighted by molar-refractivity contribution is 0.662. The van der Waals surface area contributed by atoms with Crippen LogP contribution in [0.4, 0.5) is 0 Å². The first-order valence-corrected chi connectivity index (χ1v) is 20.7. The van der Waals surface area contributed by atoms with Gasteiger partial charge in [-0.15, -0.1) is 0 Å². The molecule has 5 heteroatoms. The topological polar surface area (TPSA) is 47.7 Å². The predicted molar refractivity (Wildman–Crippen MR) is 256 cm³/mol. The van der Waals surface area contributed by atoms with Gasteiger partial charge >= 0.3 is 0 Å². The second-order valence-electron chi connectivity index (χ2n) is 14.5. The minimum atomic E-state index is 0.417. The zero-order valence-corrected chi connectivity index (χ0v) is 34.4. The predicted octanol–water partition coefficient (Wildman–Crippen LogP) is 14.8. The Morgan fingerprint density at radius 3 is 2.05 bits per heavy atom. The van der Waals surface area contributed by atoms with Crippen molar-refractivity contribution in [2.45, 2.75) is 34.2 Å². The van der Waals surface area contributed by atoms with E-state index < -0.39 is 0 Å². The Kier molecular flexibility index (Phi) is 10.4. The van der Waals surface area contributed by atoms with Crippen LogP contribution in [-0.4, -0.2) is 20.7 Å². The largest absolute Gasteiger partial charge is 0.456 e. The van der Waals surface area contributed by atoms with Crippen LogP contribution in [0.5, 0.6) is 0 Å². The van der Waals surface area contributed by atoms with Gasteiger partial charge in [-0.3, -0.25) is 4.99 Å². The van der Waals surface area contributed by atoms with Crippen LogP contribution in [0.15, 0.2) is 191 Å². The Morgan fingerprint density at radius 1 is 0.633 bits per heavy atom. The van der Waals surface area contributed by atoms with E-state index in [1.54, 1.807) is 0 Å². The van der Waals surface area contributed by atoms with Crippen LogP contribution in [-0.2, 0) is 6.54 Å². The van der Waals surface area contributed by atoms with Crippen molar-refractivity contribution in [3.05, 3.63) is 204 Å². The van der Waals surface area contributed by atoms with Gasteiger partial charge in [0.15, 0.2) is 5.84 Å². The summed E-state index contributed by atoms with van der Waals surface area (Å²) in [4.78, 5) is 10.1. The lowest BCUT2D eigenvalue weighted by Crippen LogP contribution is -2.04. The van der Waals surface area contributed by atoms with Gasteiger partial charge in [0.2, 0.25) is 0 Å². The smallest absolute Gasteiger partial charge is 0.155 e. The van der Waals surface area contributed by atoms with Crippen molar-refractivity contribution in [1.82, 2.24) is 9.13 Å². The summed E-state index contributed by atoms with van der Waals surface area (Å²) in [5.41, 5.74) is 13.4. The number of para-hydroxylation sites is 3. The second-order valence-corrected chi connectivity index (χ2v) is 14.5. The minimum absolute atomic E-state index is 0.417. The number of hydrogen-bond donors (Lipinski definition) is 0. The third-order valence-corrected chi connectivity index (χ3v) is 11.1. The van der Waals surface area contributed by atoms with Crippen molar-refractivity contribution < 1.29 is 4.42 Å². The average Bonchev–Trinajstić information content (AvgIpc) is 3.97. The van der Waals surface area contributed by atoms with E-state index in [0.29, 0.717) is 12.4 Å². The van der Waals surface area contributed by atoms with Crippen molar-refractivity contribution in [1.29, 1.82) is 0 Å². The van der Waals surface area contributed by atoms with Crippen molar-refractivity contribution >= 4 is 78.3 Å². The number of nitrogens with zero attached hydrogens (tertiary/aromatic N) is 4. The van der Waals surface area contributed by atoms with E-state index in [4.69, 9.17) is 14.4 Å². The van der Waals surface area contributed by atoms with Gasteiger partial charge in [0.05, 0.1) is 28.8 Å². The lowest BCUT2D eigenvalue weighted by Gasteiger charge is -2.10. The molecule has 3 heterocycles. The molecular formula is C55H46N4O. The maximum Gasteiger partial charge on any atom is 0.155 e. The van der Waals surface area contributed by atoms with Crippen LogP contribution < -0.4 is 0 Å². The zero-order chi connectivity index (χ0) is 41.2. The van der Waals surface area contributed by atoms with Gasteiger partial charge in [-0.25, -0.2) is 4.99 Å². The molecule has 292 valence electrons. The monoisotopic (exact) mass is 778 g/mol. The molecule has 0 atom stereocenters. The highest BCUT2D eigenvalue weighted by Crippen LogP contribution is 2.42. The quantitative estimate of drug-likeness (QED) is 0.112. The van der Waals surface area contributed by atoms with Crippen LogP contribution in [0, 0.1) is 0 Å². The zero-order valence-electron chi connectivity index (χ0n) is 34.4. The number of hydrogen-bond acceptors (Lipinski definition) is 2.